The predicted molar refractivity (Wildman–Crippen MR) is 71.9 cm³/mol. The summed E-state index contributed by atoms with van der Waals surface area (Å²) in [6.45, 7) is 6.61. The van der Waals surface area contributed by atoms with Gasteiger partial charge in [-0.1, -0.05) is 13.3 Å². The fraction of sp³-hybridized carbons (Fsp3) is 0.786. The summed E-state index contributed by atoms with van der Waals surface area (Å²) >= 11 is 0. The van der Waals surface area contributed by atoms with Crippen molar-refractivity contribution in [1.29, 1.82) is 0 Å². The second kappa shape index (κ2) is 10.2. The third kappa shape index (κ3) is 10.3. The molecule has 0 bridgehead atoms. The van der Waals surface area contributed by atoms with E-state index >= 15 is 0 Å². The molecule has 6 nitrogen and oxygen atoms in total. The molecule has 0 aromatic carbocycles. The molecule has 2 unspecified atom stereocenters. The van der Waals surface area contributed by atoms with Crippen molar-refractivity contribution >= 4 is 17.9 Å². The Morgan fingerprint density at radius 2 is 1.65 bits per heavy atom. The first-order valence-corrected chi connectivity index (χ1v) is 6.85. The minimum Gasteiger partial charge on any atom is -0.466 e. The number of hydrogen-bond donors (Lipinski definition) is 0. The van der Waals surface area contributed by atoms with Crippen molar-refractivity contribution < 1.29 is 28.6 Å². The van der Waals surface area contributed by atoms with Crippen LogP contribution in [0.15, 0.2) is 0 Å². The number of ether oxygens (including phenoxy) is 3. The van der Waals surface area contributed by atoms with Gasteiger partial charge in [0.2, 0.25) is 0 Å². The predicted octanol–water partition coefficient (Wildman–Crippen LogP) is 1.99. The highest BCUT2D eigenvalue weighted by Gasteiger charge is 2.22. The van der Waals surface area contributed by atoms with Crippen LogP contribution in [0.3, 0.4) is 0 Å². The first-order valence-electron chi connectivity index (χ1n) is 6.85. The zero-order valence-electron chi connectivity index (χ0n) is 12.6. The van der Waals surface area contributed by atoms with E-state index in [1.807, 2.05) is 6.92 Å². The Balaban J connectivity index is 4.29. The van der Waals surface area contributed by atoms with Crippen molar-refractivity contribution in [2.45, 2.75) is 65.6 Å². The smallest absolute Gasteiger partial charge is 0.309 e. The van der Waals surface area contributed by atoms with Gasteiger partial charge in [-0.05, 0) is 13.3 Å². The standard InChI is InChI=1S/C14H24O6/c1-5-6-7-18-14(17)9-13(20-12(4)16)8-10(2)19-11(3)15/h10,13H,5-9H2,1-4H3. The van der Waals surface area contributed by atoms with Crippen LogP contribution in [0.2, 0.25) is 0 Å². The maximum Gasteiger partial charge on any atom is 0.309 e. The number of carbonyl (C=O) groups is 3. The molecule has 20 heavy (non-hydrogen) atoms. The van der Waals surface area contributed by atoms with Crippen LogP contribution >= 0.6 is 0 Å². The number of carbonyl (C=O) groups excluding carboxylic acids is 3. The molecule has 0 amide bonds. The van der Waals surface area contributed by atoms with Crippen LogP contribution in [0.4, 0.5) is 0 Å². The molecule has 0 N–H and O–H groups in total. The first-order chi connectivity index (χ1) is 9.35. The Labute approximate surface area is 119 Å². The van der Waals surface area contributed by atoms with Gasteiger partial charge < -0.3 is 14.2 Å². The number of esters is 3. The number of rotatable bonds is 9. The van der Waals surface area contributed by atoms with Crippen LogP contribution in [0.1, 0.15) is 53.4 Å². The molecule has 0 aromatic rings. The van der Waals surface area contributed by atoms with E-state index in [1.54, 1.807) is 6.92 Å². The van der Waals surface area contributed by atoms with Crippen molar-refractivity contribution in [2.75, 3.05) is 6.61 Å². The van der Waals surface area contributed by atoms with Gasteiger partial charge >= 0.3 is 17.9 Å². The molecule has 0 rings (SSSR count). The highest BCUT2D eigenvalue weighted by molar-refractivity contribution is 5.71. The van der Waals surface area contributed by atoms with Gasteiger partial charge in [0, 0.05) is 20.3 Å². The van der Waals surface area contributed by atoms with E-state index in [1.165, 1.54) is 13.8 Å². The molecule has 0 radical (unpaired) electrons. The molecule has 0 aliphatic heterocycles. The van der Waals surface area contributed by atoms with Crippen LogP contribution in [-0.4, -0.2) is 36.7 Å². The lowest BCUT2D eigenvalue weighted by atomic mass is 10.1. The van der Waals surface area contributed by atoms with Gasteiger partial charge in [-0.15, -0.1) is 0 Å². The van der Waals surface area contributed by atoms with Crippen molar-refractivity contribution in [3.05, 3.63) is 0 Å². The number of unbranched alkanes of at least 4 members (excludes halogenated alkanes) is 1. The molecular weight excluding hydrogens is 264 g/mol. The summed E-state index contributed by atoms with van der Waals surface area (Å²) < 4.78 is 15.0. The molecule has 0 aliphatic carbocycles. The number of hydrogen-bond acceptors (Lipinski definition) is 6. The van der Waals surface area contributed by atoms with Crippen molar-refractivity contribution in [3.8, 4) is 0 Å². The van der Waals surface area contributed by atoms with Gasteiger partial charge in [0.1, 0.15) is 12.2 Å². The third-order valence-corrected chi connectivity index (χ3v) is 2.45. The molecule has 0 fully saturated rings. The van der Waals surface area contributed by atoms with E-state index in [-0.39, 0.29) is 12.8 Å². The average Bonchev–Trinajstić information content (AvgIpc) is 2.26. The largest absolute Gasteiger partial charge is 0.466 e. The summed E-state index contributed by atoms with van der Waals surface area (Å²) in [6.07, 6.45) is 0.894. The zero-order valence-corrected chi connectivity index (χ0v) is 12.6. The van der Waals surface area contributed by atoms with Gasteiger partial charge in [-0.2, -0.15) is 0 Å². The Bertz CT molecular complexity index is 326. The molecule has 0 aromatic heterocycles. The van der Waals surface area contributed by atoms with Gasteiger partial charge in [-0.3, -0.25) is 14.4 Å². The molecule has 0 spiro atoms. The quantitative estimate of drug-likeness (QED) is 0.367. The Morgan fingerprint density at radius 3 is 2.15 bits per heavy atom. The van der Waals surface area contributed by atoms with E-state index in [0.717, 1.165) is 12.8 Å². The van der Waals surface area contributed by atoms with E-state index in [4.69, 9.17) is 14.2 Å². The second-order valence-corrected chi connectivity index (χ2v) is 4.67. The Morgan fingerprint density at radius 1 is 1.05 bits per heavy atom. The van der Waals surface area contributed by atoms with Crippen LogP contribution < -0.4 is 0 Å². The normalized spacial score (nSPS) is 13.2. The third-order valence-electron chi connectivity index (χ3n) is 2.45. The van der Waals surface area contributed by atoms with E-state index in [9.17, 15) is 14.4 Å². The maximum absolute atomic E-state index is 11.6. The summed E-state index contributed by atoms with van der Waals surface area (Å²) in [4.78, 5) is 33.4. The molecule has 2 atom stereocenters. The van der Waals surface area contributed by atoms with Gasteiger partial charge in [0.05, 0.1) is 13.0 Å². The summed E-state index contributed by atoms with van der Waals surface area (Å²) in [6, 6.07) is 0. The van der Waals surface area contributed by atoms with Crippen molar-refractivity contribution in [2.24, 2.45) is 0 Å². The summed E-state index contributed by atoms with van der Waals surface area (Å²) in [5, 5.41) is 0. The lowest BCUT2D eigenvalue weighted by Gasteiger charge is -2.20. The van der Waals surface area contributed by atoms with Crippen LogP contribution in [0.5, 0.6) is 0 Å². The molecule has 6 heteroatoms. The van der Waals surface area contributed by atoms with Crippen molar-refractivity contribution in [3.63, 3.8) is 0 Å². The second-order valence-electron chi connectivity index (χ2n) is 4.67. The molecule has 116 valence electrons. The lowest BCUT2D eigenvalue weighted by molar-refractivity contribution is -0.156. The summed E-state index contributed by atoms with van der Waals surface area (Å²) in [5.74, 6) is -1.31. The monoisotopic (exact) mass is 288 g/mol. The SMILES string of the molecule is CCCCOC(=O)CC(CC(C)OC(C)=O)OC(C)=O. The highest BCUT2D eigenvalue weighted by Crippen LogP contribution is 2.12. The minimum absolute atomic E-state index is 0.0328. The minimum atomic E-state index is -0.643. The van der Waals surface area contributed by atoms with E-state index in [2.05, 4.69) is 0 Å². The van der Waals surface area contributed by atoms with Gasteiger partial charge in [-0.25, -0.2) is 0 Å². The highest BCUT2D eigenvalue weighted by atomic mass is 16.6. The maximum atomic E-state index is 11.6. The fourth-order valence-electron chi connectivity index (χ4n) is 1.68. The lowest BCUT2D eigenvalue weighted by Crippen LogP contribution is -2.27. The van der Waals surface area contributed by atoms with Crippen LogP contribution in [0.25, 0.3) is 0 Å². The molecular formula is C14H24O6. The van der Waals surface area contributed by atoms with Crippen molar-refractivity contribution in [1.82, 2.24) is 0 Å². The van der Waals surface area contributed by atoms with Crippen LogP contribution in [-0.2, 0) is 28.6 Å². The molecule has 0 saturated heterocycles. The van der Waals surface area contributed by atoms with Crippen LogP contribution in [0, 0.1) is 0 Å². The molecule has 0 heterocycles. The average molecular weight is 288 g/mol. The Kier molecular flexibility index (Phi) is 9.41. The van der Waals surface area contributed by atoms with Gasteiger partial charge in [0.25, 0.3) is 0 Å². The first kappa shape index (κ1) is 18.4. The van der Waals surface area contributed by atoms with E-state index < -0.39 is 30.1 Å². The summed E-state index contributed by atoms with van der Waals surface area (Å²) in [5.41, 5.74) is 0. The Hall–Kier alpha value is -1.59. The summed E-state index contributed by atoms with van der Waals surface area (Å²) in [7, 11) is 0. The fourth-order valence-corrected chi connectivity index (χ4v) is 1.68. The van der Waals surface area contributed by atoms with E-state index in [0.29, 0.717) is 6.61 Å². The zero-order chi connectivity index (χ0) is 15.5. The van der Waals surface area contributed by atoms with Gasteiger partial charge in [0.15, 0.2) is 0 Å². The molecule has 0 aliphatic rings. The topological polar surface area (TPSA) is 78.9 Å². The molecule has 0 saturated carbocycles.